The zero-order valence-corrected chi connectivity index (χ0v) is 15.7. The van der Waals surface area contributed by atoms with Crippen molar-refractivity contribution in [3.05, 3.63) is 59.4 Å². The van der Waals surface area contributed by atoms with Gasteiger partial charge in [-0.1, -0.05) is 30.3 Å². The third-order valence-corrected chi connectivity index (χ3v) is 4.71. The van der Waals surface area contributed by atoms with Gasteiger partial charge in [-0.05, 0) is 24.1 Å². The Bertz CT molecular complexity index is 935. The summed E-state index contributed by atoms with van der Waals surface area (Å²) in [5.41, 5.74) is 6.01. The third kappa shape index (κ3) is 4.81. The number of alkyl halides is 3. The van der Waals surface area contributed by atoms with Gasteiger partial charge in [0.05, 0.1) is 16.9 Å². The number of rotatable bonds is 5. The Kier molecular flexibility index (Phi) is 6.14. The van der Waals surface area contributed by atoms with Gasteiger partial charge in [0.25, 0.3) is 0 Å². The smallest absolute Gasteiger partial charge is 0.457 e. The number of carbonyl (C=O) groups is 2. The van der Waals surface area contributed by atoms with E-state index in [0.717, 1.165) is 5.56 Å². The van der Waals surface area contributed by atoms with E-state index in [2.05, 4.69) is 0 Å². The summed E-state index contributed by atoms with van der Waals surface area (Å²) in [7, 11) is 0. The summed E-state index contributed by atoms with van der Waals surface area (Å²) in [5, 5.41) is 1.88. The molecule has 6 nitrogen and oxygen atoms in total. The number of halogens is 4. The van der Waals surface area contributed by atoms with Crippen LogP contribution in [0.25, 0.3) is 0 Å². The molecule has 10 heteroatoms. The van der Waals surface area contributed by atoms with Crippen molar-refractivity contribution in [2.75, 3.05) is 23.7 Å². The predicted molar refractivity (Wildman–Crippen MR) is 101 cm³/mol. The number of hydrogen-bond acceptors (Lipinski definition) is 5. The molecule has 1 aliphatic rings. The van der Waals surface area contributed by atoms with Gasteiger partial charge in [0.15, 0.2) is 5.82 Å². The van der Waals surface area contributed by atoms with Crippen molar-refractivity contribution in [1.82, 2.24) is 5.32 Å². The van der Waals surface area contributed by atoms with Crippen LogP contribution in [0.4, 0.5) is 28.9 Å². The lowest BCUT2D eigenvalue weighted by Gasteiger charge is -2.21. The number of carbonyl (C=O) groups excluding carboxylic acids is 2. The highest BCUT2D eigenvalue weighted by Gasteiger charge is 2.40. The van der Waals surface area contributed by atoms with Crippen LogP contribution in [0.3, 0.4) is 0 Å². The first-order valence-corrected chi connectivity index (χ1v) is 9.08. The average molecular weight is 425 g/mol. The topological polar surface area (TPSA) is 84.7 Å². The second-order valence-corrected chi connectivity index (χ2v) is 6.82. The van der Waals surface area contributed by atoms with Crippen molar-refractivity contribution in [2.24, 2.45) is 0 Å². The Labute approximate surface area is 169 Å². The number of nitrogen functional groups attached to an aromatic ring is 1. The molecule has 1 saturated heterocycles. The minimum atomic E-state index is -4.98. The van der Waals surface area contributed by atoms with Gasteiger partial charge >= 0.3 is 18.1 Å². The van der Waals surface area contributed by atoms with Gasteiger partial charge in [-0.2, -0.15) is 13.2 Å². The Balaban J connectivity index is 1.66. The van der Waals surface area contributed by atoms with Gasteiger partial charge in [0.1, 0.15) is 6.61 Å². The first kappa shape index (κ1) is 21.4. The van der Waals surface area contributed by atoms with Gasteiger partial charge in [-0.3, -0.25) is 4.79 Å². The molecule has 0 spiro atoms. The van der Waals surface area contributed by atoms with Crippen LogP contribution >= 0.6 is 0 Å². The second-order valence-electron chi connectivity index (χ2n) is 6.82. The third-order valence-electron chi connectivity index (χ3n) is 4.71. The zero-order valence-electron chi connectivity index (χ0n) is 15.7. The summed E-state index contributed by atoms with van der Waals surface area (Å²) in [5.74, 6) is -3.70. The fourth-order valence-corrected chi connectivity index (χ4v) is 3.17. The van der Waals surface area contributed by atoms with Gasteiger partial charge in [-0.15, -0.1) is 0 Å². The minimum absolute atomic E-state index is 0.00477. The summed E-state index contributed by atoms with van der Waals surface area (Å²) < 4.78 is 57.1. The fourth-order valence-electron chi connectivity index (χ4n) is 3.17. The van der Waals surface area contributed by atoms with Crippen LogP contribution < -0.4 is 16.0 Å². The van der Waals surface area contributed by atoms with E-state index in [9.17, 15) is 27.2 Å². The van der Waals surface area contributed by atoms with Crippen molar-refractivity contribution in [2.45, 2.75) is 25.2 Å². The van der Waals surface area contributed by atoms with Crippen molar-refractivity contribution < 1.29 is 31.9 Å². The van der Waals surface area contributed by atoms with E-state index in [4.69, 9.17) is 10.5 Å². The molecule has 0 radical (unpaired) electrons. The predicted octanol–water partition coefficient (Wildman–Crippen LogP) is 3.02. The SMILES string of the molecule is Nc1c(C(=O)OCc2ccccc2)ccc(N2CCC(NC(=O)C(F)(F)F)C2)c1F. The Morgan fingerprint density at radius 1 is 1.17 bits per heavy atom. The average Bonchev–Trinajstić information content (AvgIpc) is 3.16. The molecule has 3 rings (SSSR count). The molecule has 0 aromatic heterocycles. The first-order chi connectivity index (χ1) is 14.2. The molecule has 1 amide bonds. The number of hydrogen-bond donors (Lipinski definition) is 2. The van der Waals surface area contributed by atoms with Gasteiger partial charge in [-0.25, -0.2) is 9.18 Å². The second kappa shape index (κ2) is 8.60. The monoisotopic (exact) mass is 425 g/mol. The van der Waals surface area contributed by atoms with Crippen LogP contribution in [-0.2, 0) is 16.1 Å². The van der Waals surface area contributed by atoms with Gasteiger partial charge in [0.2, 0.25) is 0 Å². The number of esters is 1. The molecule has 1 fully saturated rings. The van der Waals surface area contributed by atoms with Crippen molar-refractivity contribution in [3.8, 4) is 0 Å². The number of ether oxygens (including phenoxy) is 1. The molecule has 2 aromatic carbocycles. The molecular weight excluding hydrogens is 406 g/mol. The molecular formula is C20H19F4N3O3. The van der Waals surface area contributed by atoms with Crippen molar-refractivity contribution in [1.29, 1.82) is 0 Å². The van der Waals surface area contributed by atoms with Crippen molar-refractivity contribution >= 4 is 23.3 Å². The molecule has 1 heterocycles. The summed E-state index contributed by atoms with van der Waals surface area (Å²) in [6, 6.07) is 10.8. The summed E-state index contributed by atoms with van der Waals surface area (Å²) >= 11 is 0. The van der Waals surface area contributed by atoms with Crippen LogP contribution in [0.5, 0.6) is 0 Å². The number of anilines is 2. The molecule has 3 N–H and O–H groups in total. The normalized spacial score (nSPS) is 16.4. The van der Waals surface area contributed by atoms with E-state index in [0.29, 0.717) is 0 Å². The fraction of sp³-hybridized carbons (Fsp3) is 0.300. The first-order valence-electron chi connectivity index (χ1n) is 9.08. The largest absolute Gasteiger partial charge is 0.471 e. The molecule has 160 valence electrons. The summed E-state index contributed by atoms with van der Waals surface area (Å²) in [6.45, 7) is 0.197. The highest BCUT2D eigenvalue weighted by Crippen LogP contribution is 2.30. The Morgan fingerprint density at radius 3 is 2.53 bits per heavy atom. The van der Waals surface area contributed by atoms with Crippen LogP contribution in [0.1, 0.15) is 22.3 Å². The summed E-state index contributed by atoms with van der Waals surface area (Å²) in [6.07, 6.45) is -4.77. The molecule has 0 aliphatic carbocycles. The minimum Gasteiger partial charge on any atom is -0.457 e. The van der Waals surface area contributed by atoms with Crippen LogP contribution in [0.15, 0.2) is 42.5 Å². The lowest BCUT2D eigenvalue weighted by Crippen LogP contribution is -2.44. The maximum Gasteiger partial charge on any atom is 0.471 e. The number of nitrogens with zero attached hydrogens (tertiary/aromatic N) is 1. The number of benzene rings is 2. The quantitative estimate of drug-likeness (QED) is 0.437. The number of amides is 1. The molecule has 1 unspecified atom stereocenters. The standard InChI is InChI=1S/C20H19F4N3O3/c21-16-15(27-9-8-13(10-27)26-19(29)20(22,23)24)7-6-14(17(16)25)18(28)30-11-12-4-2-1-3-5-12/h1-7,13H,8-11,25H2,(H,26,29). The molecule has 0 bridgehead atoms. The zero-order chi connectivity index (χ0) is 21.9. The van der Waals surface area contributed by atoms with Gasteiger partial charge < -0.3 is 20.7 Å². The van der Waals surface area contributed by atoms with E-state index in [1.54, 1.807) is 24.3 Å². The highest BCUT2D eigenvalue weighted by molar-refractivity contribution is 5.96. The Morgan fingerprint density at radius 2 is 1.87 bits per heavy atom. The van der Waals surface area contributed by atoms with Crippen LogP contribution in [0.2, 0.25) is 0 Å². The van der Waals surface area contributed by atoms with E-state index in [-0.39, 0.29) is 37.4 Å². The lowest BCUT2D eigenvalue weighted by atomic mass is 10.1. The maximum absolute atomic E-state index is 14.8. The highest BCUT2D eigenvalue weighted by atomic mass is 19.4. The van der Waals surface area contributed by atoms with Gasteiger partial charge in [0, 0.05) is 19.1 Å². The Hall–Kier alpha value is -3.30. The number of nitrogens with one attached hydrogen (secondary N) is 1. The number of nitrogens with two attached hydrogens (primary N) is 1. The molecule has 1 atom stereocenters. The molecule has 30 heavy (non-hydrogen) atoms. The summed E-state index contributed by atoms with van der Waals surface area (Å²) in [4.78, 5) is 24.8. The molecule has 1 aliphatic heterocycles. The van der Waals surface area contributed by atoms with Crippen LogP contribution in [0, 0.1) is 5.82 Å². The van der Waals surface area contributed by atoms with Crippen LogP contribution in [-0.4, -0.2) is 37.2 Å². The molecule has 2 aromatic rings. The maximum atomic E-state index is 14.8. The lowest BCUT2D eigenvalue weighted by molar-refractivity contribution is -0.174. The van der Waals surface area contributed by atoms with E-state index in [1.807, 2.05) is 11.4 Å². The van der Waals surface area contributed by atoms with E-state index >= 15 is 0 Å². The van der Waals surface area contributed by atoms with Crippen molar-refractivity contribution in [3.63, 3.8) is 0 Å². The van der Waals surface area contributed by atoms with E-state index < -0.39 is 35.6 Å². The van der Waals surface area contributed by atoms with E-state index in [1.165, 1.54) is 17.0 Å². The molecule has 0 saturated carbocycles.